The lowest BCUT2D eigenvalue weighted by Crippen LogP contribution is -2.60. The fourth-order valence-corrected chi connectivity index (χ4v) is 3.84. The normalized spacial score (nSPS) is 28.5. The number of morpholine rings is 1. The minimum absolute atomic E-state index is 0.0143. The third-order valence-corrected chi connectivity index (χ3v) is 5.60. The quantitative estimate of drug-likeness (QED) is 0.695. The first-order chi connectivity index (χ1) is 10.1. The number of nitrogens with two attached hydrogens (primary N) is 1. The summed E-state index contributed by atoms with van der Waals surface area (Å²) in [5.41, 5.74) is 4.10. The second kappa shape index (κ2) is 6.13. The summed E-state index contributed by atoms with van der Waals surface area (Å²) in [5, 5.41) is 0. The van der Waals surface area contributed by atoms with Crippen LogP contribution in [0.2, 0.25) is 0 Å². The predicted molar refractivity (Wildman–Crippen MR) is 79.3 cm³/mol. The zero-order chi connectivity index (χ0) is 16.5. The molecule has 2 saturated heterocycles. The van der Waals surface area contributed by atoms with E-state index in [0.717, 1.165) is 6.26 Å². The van der Waals surface area contributed by atoms with Crippen molar-refractivity contribution in [2.45, 2.75) is 25.4 Å². The highest BCUT2D eigenvalue weighted by molar-refractivity contribution is 7.88. The highest BCUT2D eigenvalue weighted by atomic mass is 32.2. The SMILES string of the molecule is C[C@@]1(C(=O)N2CCC(C(N)=O)CC2)CN(S(C)(=O)=O)CCO1. The van der Waals surface area contributed by atoms with Gasteiger partial charge >= 0.3 is 0 Å². The molecule has 9 heteroatoms. The van der Waals surface area contributed by atoms with E-state index in [4.69, 9.17) is 10.5 Å². The lowest BCUT2D eigenvalue weighted by molar-refractivity contribution is -0.165. The summed E-state index contributed by atoms with van der Waals surface area (Å²) < 4.78 is 30.2. The second-order valence-electron chi connectivity index (χ2n) is 6.14. The molecule has 2 aliphatic heterocycles. The molecule has 0 aromatic carbocycles. The van der Waals surface area contributed by atoms with Crippen molar-refractivity contribution in [2.24, 2.45) is 11.7 Å². The third kappa shape index (κ3) is 3.58. The van der Waals surface area contributed by atoms with Gasteiger partial charge in [-0.05, 0) is 19.8 Å². The van der Waals surface area contributed by atoms with Gasteiger partial charge in [0.25, 0.3) is 5.91 Å². The smallest absolute Gasteiger partial charge is 0.255 e. The van der Waals surface area contributed by atoms with Gasteiger partial charge < -0.3 is 15.4 Å². The topological polar surface area (TPSA) is 110 Å². The van der Waals surface area contributed by atoms with Crippen LogP contribution < -0.4 is 5.73 Å². The number of carbonyl (C=O) groups excluding carboxylic acids is 2. The number of likely N-dealkylation sites (tertiary alicyclic amines) is 1. The third-order valence-electron chi connectivity index (χ3n) is 4.35. The molecule has 1 atom stereocenters. The molecule has 0 aromatic rings. The molecule has 0 saturated carbocycles. The molecule has 0 unspecified atom stereocenters. The summed E-state index contributed by atoms with van der Waals surface area (Å²) in [4.78, 5) is 25.5. The summed E-state index contributed by atoms with van der Waals surface area (Å²) >= 11 is 0. The monoisotopic (exact) mass is 333 g/mol. The van der Waals surface area contributed by atoms with Crippen molar-refractivity contribution >= 4 is 21.8 Å². The molecule has 8 nitrogen and oxygen atoms in total. The minimum atomic E-state index is -3.36. The van der Waals surface area contributed by atoms with Gasteiger partial charge in [0, 0.05) is 25.6 Å². The summed E-state index contributed by atoms with van der Waals surface area (Å²) in [7, 11) is -3.36. The van der Waals surface area contributed by atoms with Crippen LogP contribution in [0.1, 0.15) is 19.8 Å². The predicted octanol–water partition coefficient (Wildman–Crippen LogP) is -1.24. The van der Waals surface area contributed by atoms with Crippen LogP contribution in [0, 0.1) is 5.92 Å². The Morgan fingerprint density at radius 2 is 1.82 bits per heavy atom. The van der Waals surface area contributed by atoms with Gasteiger partial charge in [0.15, 0.2) is 5.60 Å². The number of nitrogens with zero attached hydrogens (tertiary/aromatic N) is 2. The number of sulfonamides is 1. The van der Waals surface area contributed by atoms with Crippen molar-refractivity contribution in [3.63, 3.8) is 0 Å². The maximum Gasteiger partial charge on any atom is 0.255 e. The fourth-order valence-electron chi connectivity index (χ4n) is 2.95. The summed E-state index contributed by atoms with van der Waals surface area (Å²) in [5.74, 6) is -0.768. The van der Waals surface area contributed by atoms with Gasteiger partial charge in [0.2, 0.25) is 15.9 Å². The first kappa shape index (κ1) is 17.2. The van der Waals surface area contributed by atoms with Crippen molar-refractivity contribution in [3.8, 4) is 0 Å². The Hall–Kier alpha value is -1.19. The van der Waals surface area contributed by atoms with E-state index in [1.807, 2.05) is 0 Å². The number of primary amides is 1. The Bertz CT molecular complexity index is 556. The number of rotatable bonds is 3. The molecule has 0 spiro atoms. The van der Waals surface area contributed by atoms with E-state index in [2.05, 4.69) is 0 Å². The number of hydrogen-bond donors (Lipinski definition) is 1. The average Bonchev–Trinajstić information content (AvgIpc) is 2.45. The fraction of sp³-hybridized carbons (Fsp3) is 0.846. The molecule has 2 heterocycles. The largest absolute Gasteiger partial charge is 0.369 e. The number of piperidine rings is 1. The van der Waals surface area contributed by atoms with Gasteiger partial charge in [-0.1, -0.05) is 0 Å². The van der Waals surface area contributed by atoms with Crippen molar-refractivity contribution in [1.29, 1.82) is 0 Å². The Morgan fingerprint density at radius 1 is 1.23 bits per heavy atom. The van der Waals surface area contributed by atoms with Gasteiger partial charge in [0.1, 0.15) is 0 Å². The van der Waals surface area contributed by atoms with Gasteiger partial charge in [-0.15, -0.1) is 0 Å². The number of amides is 2. The Balaban J connectivity index is 2.04. The van der Waals surface area contributed by atoms with Gasteiger partial charge in [0.05, 0.1) is 19.4 Å². The van der Waals surface area contributed by atoms with Crippen molar-refractivity contribution in [3.05, 3.63) is 0 Å². The molecule has 0 radical (unpaired) electrons. The molecule has 0 aromatic heterocycles. The van der Waals surface area contributed by atoms with Gasteiger partial charge in [-0.2, -0.15) is 4.31 Å². The number of carbonyl (C=O) groups is 2. The van der Waals surface area contributed by atoms with E-state index >= 15 is 0 Å². The molecule has 2 rings (SSSR count). The molecule has 22 heavy (non-hydrogen) atoms. The van der Waals surface area contributed by atoms with Crippen LogP contribution in [0.15, 0.2) is 0 Å². The molecule has 2 fully saturated rings. The maximum atomic E-state index is 12.7. The van der Waals surface area contributed by atoms with E-state index in [9.17, 15) is 18.0 Å². The Labute approximate surface area is 130 Å². The van der Waals surface area contributed by atoms with Crippen molar-refractivity contribution in [2.75, 3.05) is 39.0 Å². The Kier molecular flexibility index (Phi) is 4.78. The van der Waals surface area contributed by atoms with Gasteiger partial charge in [-0.3, -0.25) is 9.59 Å². The number of ether oxygens (including phenoxy) is 1. The molecular weight excluding hydrogens is 310 g/mol. The molecular formula is C13H23N3O5S. The Morgan fingerprint density at radius 3 is 2.32 bits per heavy atom. The lowest BCUT2D eigenvalue weighted by Gasteiger charge is -2.42. The van der Waals surface area contributed by atoms with Crippen LogP contribution in [0.3, 0.4) is 0 Å². The minimum Gasteiger partial charge on any atom is -0.369 e. The van der Waals surface area contributed by atoms with Crippen molar-refractivity contribution in [1.82, 2.24) is 9.21 Å². The van der Waals surface area contributed by atoms with Crippen LogP contribution in [0.4, 0.5) is 0 Å². The molecule has 0 bridgehead atoms. The van der Waals surface area contributed by atoms with Gasteiger partial charge in [-0.25, -0.2) is 8.42 Å². The molecule has 2 amide bonds. The summed E-state index contributed by atoms with van der Waals surface area (Å²) in [6, 6.07) is 0. The molecule has 126 valence electrons. The highest BCUT2D eigenvalue weighted by Gasteiger charge is 2.44. The first-order valence-corrected chi connectivity index (χ1v) is 9.16. The van der Waals surface area contributed by atoms with E-state index in [1.54, 1.807) is 11.8 Å². The van der Waals surface area contributed by atoms with Crippen LogP contribution in [-0.4, -0.2) is 74.1 Å². The molecule has 2 N–H and O–H groups in total. The standard InChI is InChI=1S/C13H23N3O5S/c1-13(9-16(7-8-21-13)22(2,19)20)12(18)15-5-3-10(4-6-15)11(14)17/h10H,3-9H2,1-2H3,(H2,14,17)/t13-/m0/s1. The van der Waals surface area contributed by atoms with Crippen LogP contribution in [0.5, 0.6) is 0 Å². The zero-order valence-electron chi connectivity index (χ0n) is 12.9. The average molecular weight is 333 g/mol. The zero-order valence-corrected chi connectivity index (χ0v) is 13.8. The first-order valence-electron chi connectivity index (χ1n) is 7.31. The number of hydrogen-bond acceptors (Lipinski definition) is 5. The van der Waals surface area contributed by atoms with E-state index < -0.39 is 15.6 Å². The van der Waals surface area contributed by atoms with Crippen molar-refractivity contribution < 1.29 is 22.7 Å². The second-order valence-corrected chi connectivity index (χ2v) is 8.13. The van der Waals surface area contributed by atoms with E-state index in [-0.39, 0.29) is 37.4 Å². The lowest BCUT2D eigenvalue weighted by atomic mass is 9.94. The molecule has 2 aliphatic rings. The van der Waals surface area contributed by atoms with Crippen LogP contribution in [0.25, 0.3) is 0 Å². The van der Waals surface area contributed by atoms with Crippen LogP contribution in [-0.2, 0) is 24.3 Å². The molecule has 0 aliphatic carbocycles. The highest BCUT2D eigenvalue weighted by Crippen LogP contribution is 2.25. The van der Waals surface area contributed by atoms with E-state index in [1.165, 1.54) is 4.31 Å². The van der Waals surface area contributed by atoms with E-state index in [0.29, 0.717) is 25.9 Å². The summed E-state index contributed by atoms with van der Waals surface area (Å²) in [6.07, 6.45) is 2.20. The maximum absolute atomic E-state index is 12.7. The summed E-state index contributed by atoms with van der Waals surface area (Å²) in [6.45, 7) is 2.94. The van der Waals surface area contributed by atoms with Crippen LogP contribution >= 0.6 is 0 Å².